The summed E-state index contributed by atoms with van der Waals surface area (Å²) in [6.07, 6.45) is -0.907. The average Bonchev–Trinajstić information content (AvgIpc) is 2.69. The molecule has 0 aliphatic carbocycles. The quantitative estimate of drug-likeness (QED) is 0.549. The van der Waals surface area contributed by atoms with E-state index in [1.54, 1.807) is 32.9 Å². The predicted octanol–water partition coefficient (Wildman–Crippen LogP) is 5.14. The van der Waals surface area contributed by atoms with Gasteiger partial charge in [-0.1, -0.05) is 37.0 Å². The number of amides is 1. The number of aromatic nitrogens is 2. The maximum atomic E-state index is 12.3. The molecule has 0 unspecified atom stereocenters. The summed E-state index contributed by atoms with van der Waals surface area (Å²) < 4.78 is 7.07. The third kappa shape index (κ3) is 5.34. The molecule has 0 atom stereocenters. The molecule has 0 fully saturated rings. The molecule has 1 amide bonds. The first-order valence-electron chi connectivity index (χ1n) is 9.91. The smallest absolute Gasteiger partial charge is 0.408 e. The summed E-state index contributed by atoms with van der Waals surface area (Å²) in [5, 5.41) is 23.1. The Hall–Kier alpha value is -2.76. The van der Waals surface area contributed by atoms with E-state index in [0.29, 0.717) is 11.1 Å². The number of nitrogens with zero attached hydrogens (tertiary/aromatic N) is 4. The van der Waals surface area contributed by atoms with Gasteiger partial charge in [0.25, 0.3) is 5.56 Å². The number of halogens is 2. The standard InChI is InChI=1S/C22H26Cl2N4O4/c1-12(2)15-10-17(26-27(6)20(15)29)32-19-16(23)9-14(13(3)18(19)24)11-22(4,5)28(8-7-25)21(30)31/h9-10,12H,8,11H2,1-6H3,(H,30,31). The van der Waals surface area contributed by atoms with Crippen LogP contribution in [-0.4, -0.2) is 38.0 Å². The van der Waals surface area contributed by atoms with Gasteiger partial charge < -0.3 is 9.84 Å². The van der Waals surface area contributed by atoms with Crippen molar-refractivity contribution >= 4 is 29.3 Å². The van der Waals surface area contributed by atoms with Crippen molar-refractivity contribution in [2.45, 2.75) is 52.5 Å². The molecule has 0 aliphatic rings. The SMILES string of the molecule is Cc1c(CC(C)(C)N(CC#N)C(=O)O)cc(Cl)c(Oc2cc(C(C)C)c(=O)n(C)n2)c1Cl. The number of hydrogen-bond donors (Lipinski definition) is 1. The summed E-state index contributed by atoms with van der Waals surface area (Å²) in [4.78, 5) is 24.9. The van der Waals surface area contributed by atoms with Gasteiger partial charge in [0.2, 0.25) is 5.88 Å². The van der Waals surface area contributed by atoms with E-state index in [4.69, 9.17) is 33.2 Å². The van der Waals surface area contributed by atoms with Gasteiger partial charge in [-0.25, -0.2) is 9.48 Å². The van der Waals surface area contributed by atoms with Gasteiger partial charge in [-0.15, -0.1) is 5.10 Å². The van der Waals surface area contributed by atoms with E-state index in [9.17, 15) is 14.7 Å². The van der Waals surface area contributed by atoms with Crippen molar-refractivity contribution in [2.24, 2.45) is 7.05 Å². The van der Waals surface area contributed by atoms with Crippen LogP contribution in [0, 0.1) is 18.3 Å². The second-order valence-electron chi connectivity index (χ2n) is 8.43. The molecule has 32 heavy (non-hydrogen) atoms. The van der Waals surface area contributed by atoms with Crippen LogP contribution in [0.25, 0.3) is 0 Å². The fourth-order valence-electron chi connectivity index (χ4n) is 3.36. The van der Waals surface area contributed by atoms with Gasteiger partial charge in [-0.05, 0) is 50.3 Å². The van der Waals surface area contributed by atoms with Crippen LogP contribution in [0.3, 0.4) is 0 Å². The van der Waals surface area contributed by atoms with E-state index in [0.717, 1.165) is 10.5 Å². The third-order valence-corrected chi connectivity index (χ3v) is 5.97. The van der Waals surface area contributed by atoms with Gasteiger partial charge in [-0.2, -0.15) is 5.26 Å². The van der Waals surface area contributed by atoms with Crippen molar-refractivity contribution in [2.75, 3.05) is 6.54 Å². The number of nitriles is 1. The Balaban J connectivity index is 2.46. The molecule has 172 valence electrons. The lowest BCUT2D eigenvalue weighted by atomic mass is 9.90. The van der Waals surface area contributed by atoms with Crippen molar-refractivity contribution in [3.8, 4) is 17.7 Å². The lowest BCUT2D eigenvalue weighted by Crippen LogP contribution is -2.48. The van der Waals surface area contributed by atoms with E-state index >= 15 is 0 Å². The molecule has 10 heteroatoms. The number of hydrogen-bond acceptors (Lipinski definition) is 5. The third-order valence-electron chi connectivity index (χ3n) is 5.24. The maximum absolute atomic E-state index is 12.3. The number of carboxylic acid groups (broad SMARTS) is 1. The topological polar surface area (TPSA) is 108 Å². The molecule has 0 saturated heterocycles. The Morgan fingerprint density at radius 1 is 1.38 bits per heavy atom. The number of ether oxygens (including phenoxy) is 1. The summed E-state index contributed by atoms with van der Waals surface area (Å²) in [6, 6.07) is 5.11. The van der Waals surface area contributed by atoms with Crippen molar-refractivity contribution in [1.29, 1.82) is 5.26 Å². The zero-order chi connectivity index (χ0) is 24.4. The number of rotatable bonds is 7. The van der Waals surface area contributed by atoms with Crippen LogP contribution in [0.4, 0.5) is 4.79 Å². The lowest BCUT2D eigenvalue weighted by Gasteiger charge is -2.35. The molecule has 1 N–H and O–H groups in total. The fourth-order valence-corrected chi connectivity index (χ4v) is 3.94. The Labute approximate surface area is 196 Å². The van der Waals surface area contributed by atoms with Crippen LogP contribution in [0.2, 0.25) is 10.0 Å². The first kappa shape index (κ1) is 25.5. The van der Waals surface area contributed by atoms with Gasteiger partial charge >= 0.3 is 6.09 Å². The molecule has 8 nitrogen and oxygen atoms in total. The van der Waals surface area contributed by atoms with E-state index < -0.39 is 11.6 Å². The minimum atomic E-state index is -1.19. The normalized spacial score (nSPS) is 11.4. The highest BCUT2D eigenvalue weighted by Crippen LogP contribution is 2.41. The Morgan fingerprint density at radius 2 is 2.00 bits per heavy atom. The van der Waals surface area contributed by atoms with Crippen LogP contribution < -0.4 is 10.3 Å². The van der Waals surface area contributed by atoms with Gasteiger partial charge in [0, 0.05) is 24.2 Å². The summed E-state index contributed by atoms with van der Waals surface area (Å²) in [5.41, 5.74) is 0.838. The highest BCUT2D eigenvalue weighted by atomic mass is 35.5. The van der Waals surface area contributed by atoms with Crippen molar-refractivity contribution in [1.82, 2.24) is 14.7 Å². The molecule has 1 aromatic heterocycles. The monoisotopic (exact) mass is 480 g/mol. The minimum Gasteiger partial charge on any atom is -0.465 e. The second kappa shape index (κ2) is 9.80. The van der Waals surface area contributed by atoms with Crippen molar-refractivity contribution in [3.63, 3.8) is 0 Å². The molecular formula is C22H26Cl2N4O4. The van der Waals surface area contributed by atoms with Gasteiger partial charge in [-0.3, -0.25) is 9.69 Å². The molecule has 1 aromatic carbocycles. The fraction of sp³-hybridized carbons (Fsp3) is 0.455. The van der Waals surface area contributed by atoms with Crippen LogP contribution in [0.15, 0.2) is 16.9 Å². The highest BCUT2D eigenvalue weighted by molar-refractivity contribution is 6.37. The zero-order valence-electron chi connectivity index (χ0n) is 18.9. The van der Waals surface area contributed by atoms with Crippen molar-refractivity contribution in [3.05, 3.63) is 49.2 Å². The summed E-state index contributed by atoms with van der Waals surface area (Å²) in [6.45, 7) is 8.76. The van der Waals surface area contributed by atoms with Gasteiger partial charge in [0.05, 0.1) is 16.1 Å². The average molecular weight is 481 g/mol. The van der Waals surface area contributed by atoms with Gasteiger partial charge in [0.1, 0.15) is 6.54 Å². The Bertz CT molecular complexity index is 1140. The molecule has 1 heterocycles. The maximum Gasteiger partial charge on any atom is 0.408 e. The first-order chi connectivity index (χ1) is 14.8. The van der Waals surface area contributed by atoms with Gasteiger partial charge in [0.15, 0.2) is 5.75 Å². The molecule has 0 spiro atoms. The van der Waals surface area contributed by atoms with E-state index in [1.807, 2.05) is 19.9 Å². The van der Waals surface area contributed by atoms with Crippen LogP contribution in [0.5, 0.6) is 11.6 Å². The van der Waals surface area contributed by atoms with E-state index in [2.05, 4.69) is 5.10 Å². The predicted molar refractivity (Wildman–Crippen MR) is 123 cm³/mol. The lowest BCUT2D eigenvalue weighted by molar-refractivity contribution is 0.101. The minimum absolute atomic E-state index is 0.0260. The van der Waals surface area contributed by atoms with E-state index in [-0.39, 0.29) is 46.1 Å². The molecule has 0 aliphatic heterocycles. The summed E-state index contributed by atoms with van der Waals surface area (Å²) in [5.74, 6) is 0.348. The Morgan fingerprint density at radius 3 is 2.53 bits per heavy atom. The molecule has 2 aromatic rings. The molecule has 0 saturated carbocycles. The molecule has 0 radical (unpaired) electrons. The number of aryl methyl sites for hydroxylation is 1. The number of benzene rings is 1. The Kier molecular flexibility index (Phi) is 7.81. The first-order valence-corrected chi connectivity index (χ1v) is 10.7. The molecular weight excluding hydrogens is 455 g/mol. The van der Waals surface area contributed by atoms with Crippen LogP contribution in [-0.2, 0) is 13.5 Å². The van der Waals surface area contributed by atoms with E-state index in [1.165, 1.54) is 11.7 Å². The molecule has 2 rings (SSSR count). The van der Waals surface area contributed by atoms with Crippen molar-refractivity contribution < 1.29 is 14.6 Å². The number of carbonyl (C=O) groups is 1. The summed E-state index contributed by atoms with van der Waals surface area (Å²) >= 11 is 13.0. The summed E-state index contributed by atoms with van der Waals surface area (Å²) in [7, 11) is 1.54. The van der Waals surface area contributed by atoms with Crippen LogP contribution in [0.1, 0.15) is 50.3 Å². The largest absolute Gasteiger partial charge is 0.465 e. The zero-order valence-corrected chi connectivity index (χ0v) is 20.4. The second-order valence-corrected chi connectivity index (χ2v) is 9.21. The molecule has 0 bridgehead atoms. The highest BCUT2D eigenvalue weighted by Gasteiger charge is 2.32. The van der Waals surface area contributed by atoms with Crippen LogP contribution >= 0.6 is 23.2 Å².